The van der Waals surface area contributed by atoms with Crippen LogP contribution in [0.3, 0.4) is 0 Å². The quantitative estimate of drug-likeness (QED) is 0.147. The smallest absolute Gasteiger partial charge is 0.0621 e. The molecule has 0 aromatic heterocycles. The zero-order chi connectivity index (χ0) is 19.0. The zero-order valence-corrected chi connectivity index (χ0v) is 18.0. The van der Waals surface area contributed by atoms with E-state index in [1.165, 1.54) is 122 Å². The predicted octanol–water partition coefficient (Wildman–Crippen LogP) is 9.28. The average molecular weight is 362 g/mol. The van der Waals surface area contributed by atoms with Crippen molar-refractivity contribution in [3.8, 4) is 6.07 Å². The Morgan fingerprint density at radius 1 is 0.500 bits per heavy atom. The Hall–Kier alpha value is -0.770. The predicted molar refractivity (Wildman–Crippen MR) is 117 cm³/mol. The van der Waals surface area contributed by atoms with E-state index in [9.17, 15) is 0 Å². The standard InChI is InChI=1S/C25H47N/c1-2-3-4-5-6-7-8-9-10-11-12-13-14-15-16-17-18-19-20-21-22-23-24-25-26/h17-18H,2-16,19-24H2,1H3/b18-17+. The van der Waals surface area contributed by atoms with Gasteiger partial charge in [0.2, 0.25) is 0 Å². The van der Waals surface area contributed by atoms with Gasteiger partial charge in [-0.15, -0.1) is 0 Å². The van der Waals surface area contributed by atoms with Crippen LogP contribution < -0.4 is 0 Å². The molecular weight excluding hydrogens is 314 g/mol. The maximum atomic E-state index is 8.47. The third-order valence-corrected chi connectivity index (χ3v) is 5.30. The van der Waals surface area contributed by atoms with Crippen molar-refractivity contribution in [1.82, 2.24) is 0 Å². The molecule has 26 heavy (non-hydrogen) atoms. The lowest BCUT2D eigenvalue weighted by atomic mass is 10.0. The molecule has 0 N–H and O–H groups in total. The summed E-state index contributed by atoms with van der Waals surface area (Å²) in [5.41, 5.74) is 0. The fourth-order valence-corrected chi connectivity index (χ4v) is 3.51. The van der Waals surface area contributed by atoms with Crippen LogP contribution in [-0.4, -0.2) is 0 Å². The molecule has 0 rings (SSSR count). The van der Waals surface area contributed by atoms with Gasteiger partial charge in [0.15, 0.2) is 0 Å². The van der Waals surface area contributed by atoms with Crippen LogP contribution in [0.4, 0.5) is 0 Å². The summed E-state index contributed by atoms with van der Waals surface area (Å²) in [4.78, 5) is 0. The molecule has 1 nitrogen and oxygen atoms in total. The monoisotopic (exact) mass is 361 g/mol. The van der Waals surface area contributed by atoms with E-state index in [1.54, 1.807) is 0 Å². The first-order chi connectivity index (χ1) is 12.9. The average Bonchev–Trinajstić information content (AvgIpc) is 2.66. The molecule has 0 aliphatic rings. The maximum Gasteiger partial charge on any atom is 0.0621 e. The minimum atomic E-state index is 0.731. The van der Waals surface area contributed by atoms with Crippen LogP contribution >= 0.6 is 0 Å². The van der Waals surface area contributed by atoms with Crippen LogP contribution in [-0.2, 0) is 0 Å². The van der Waals surface area contributed by atoms with Crippen LogP contribution in [0, 0.1) is 11.3 Å². The number of rotatable bonds is 21. The second kappa shape index (κ2) is 24.2. The van der Waals surface area contributed by atoms with Crippen molar-refractivity contribution in [2.24, 2.45) is 0 Å². The van der Waals surface area contributed by atoms with Gasteiger partial charge in [-0.25, -0.2) is 0 Å². The molecule has 0 bridgehead atoms. The third-order valence-electron chi connectivity index (χ3n) is 5.30. The Balaban J connectivity index is 3.04. The highest BCUT2D eigenvalue weighted by molar-refractivity contribution is 4.81. The molecule has 152 valence electrons. The fraction of sp³-hybridized carbons (Fsp3) is 0.880. The van der Waals surface area contributed by atoms with Gasteiger partial charge in [0, 0.05) is 6.42 Å². The number of hydrogen-bond acceptors (Lipinski definition) is 1. The van der Waals surface area contributed by atoms with Crippen molar-refractivity contribution in [3.05, 3.63) is 12.2 Å². The summed E-state index contributed by atoms with van der Waals surface area (Å²) < 4.78 is 0. The van der Waals surface area contributed by atoms with Gasteiger partial charge in [0.05, 0.1) is 6.07 Å². The molecule has 0 unspecified atom stereocenters. The number of nitriles is 1. The topological polar surface area (TPSA) is 23.8 Å². The lowest BCUT2D eigenvalue weighted by Gasteiger charge is -2.02. The summed E-state index contributed by atoms with van der Waals surface area (Å²) in [6.07, 6.45) is 33.0. The summed E-state index contributed by atoms with van der Waals surface area (Å²) in [5.74, 6) is 0. The maximum absolute atomic E-state index is 8.47. The molecule has 0 heterocycles. The zero-order valence-electron chi connectivity index (χ0n) is 18.0. The van der Waals surface area contributed by atoms with E-state index < -0.39 is 0 Å². The van der Waals surface area contributed by atoms with Crippen LogP contribution in [0.25, 0.3) is 0 Å². The van der Waals surface area contributed by atoms with Crippen LogP contribution in [0.5, 0.6) is 0 Å². The summed E-state index contributed by atoms with van der Waals surface area (Å²) in [5, 5.41) is 8.47. The van der Waals surface area contributed by atoms with Crippen molar-refractivity contribution >= 4 is 0 Å². The van der Waals surface area contributed by atoms with Gasteiger partial charge in [-0.3, -0.25) is 0 Å². The lowest BCUT2D eigenvalue weighted by Crippen LogP contribution is -1.83. The van der Waals surface area contributed by atoms with Crippen molar-refractivity contribution in [2.45, 2.75) is 142 Å². The number of allylic oxidation sites excluding steroid dienone is 2. The van der Waals surface area contributed by atoms with Crippen molar-refractivity contribution in [3.63, 3.8) is 0 Å². The molecule has 0 saturated heterocycles. The van der Waals surface area contributed by atoms with E-state index in [1.807, 2.05) is 0 Å². The van der Waals surface area contributed by atoms with Gasteiger partial charge >= 0.3 is 0 Å². The van der Waals surface area contributed by atoms with Gasteiger partial charge in [-0.05, 0) is 32.1 Å². The van der Waals surface area contributed by atoms with Crippen molar-refractivity contribution < 1.29 is 0 Å². The Morgan fingerprint density at radius 2 is 0.846 bits per heavy atom. The van der Waals surface area contributed by atoms with Crippen molar-refractivity contribution in [1.29, 1.82) is 5.26 Å². The van der Waals surface area contributed by atoms with Crippen LogP contribution in [0.15, 0.2) is 12.2 Å². The van der Waals surface area contributed by atoms with E-state index in [4.69, 9.17) is 5.26 Å². The van der Waals surface area contributed by atoms with Gasteiger partial charge in [0.25, 0.3) is 0 Å². The molecule has 0 fully saturated rings. The van der Waals surface area contributed by atoms with Gasteiger partial charge in [0.1, 0.15) is 0 Å². The summed E-state index contributed by atoms with van der Waals surface area (Å²) in [6.45, 7) is 2.29. The second-order valence-electron chi connectivity index (χ2n) is 7.97. The number of hydrogen-bond donors (Lipinski definition) is 0. The van der Waals surface area contributed by atoms with E-state index in [0.29, 0.717) is 0 Å². The molecule has 0 aliphatic heterocycles. The van der Waals surface area contributed by atoms with E-state index in [0.717, 1.165) is 12.8 Å². The molecule has 0 atom stereocenters. The largest absolute Gasteiger partial charge is 0.198 e. The Morgan fingerprint density at radius 3 is 1.23 bits per heavy atom. The molecule has 1 heteroatoms. The number of unbranched alkanes of at least 4 members (excludes halogenated alkanes) is 19. The summed E-state index contributed by atoms with van der Waals surface area (Å²) >= 11 is 0. The molecule has 0 aliphatic carbocycles. The first kappa shape index (κ1) is 25.2. The van der Waals surface area contributed by atoms with Crippen LogP contribution in [0.1, 0.15) is 142 Å². The molecular formula is C25H47N. The van der Waals surface area contributed by atoms with Gasteiger partial charge in [-0.2, -0.15) is 5.26 Å². The Bertz CT molecular complexity index is 313. The van der Waals surface area contributed by atoms with Crippen LogP contribution in [0.2, 0.25) is 0 Å². The molecule has 0 aromatic rings. The normalized spacial score (nSPS) is 11.2. The van der Waals surface area contributed by atoms with Gasteiger partial charge in [-0.1, -0.05) is 115 Å². The minimum absolute atomic E-state index is 0.731. The molecule has 0 radical (unpaired) electrons. The van der Waals surface area contributed by atoms with E-state index in [-0.39, 0.29) is 0 Å². The molecule has 0 amide bonds. The Kier molecular flexibility index (Phi) is 23.5. The highest BCUT2D eigenvalue weighted by Gasteiger charge is 1.94. The highest BCUT2D eigenvalue weighted by atomic mass is 14.2. The minimum Gasteiger partial charge on any atom is -0.198 e. The second-order valence-corrected chi connectivity index (χ2v) is 7.97. The van der Waals surface area contributed by atoms with Gasteiger partial charge < -0.3 is 0 Å². The highest BCUT2D eigenvalue weighted by Crippen LogP contribution is 2.13. The molecule has 0 spiro atoms. The van der Waals surface area contributed by atoms with E-state index in [2.05, 4.69) is 25.1 Å². The lowest BCUT2D eigenvalue weighted by molar-refractivity contribution is 0.536. The summed E-state index contributed by atoms with van der Waals surface area (Å²) in [7, 11) is 0. The first-order valence-electron chi connectivity index (χ1n) is 11.9. The molecule has 0 aromatic carbocycles. The van der Waals surface area contributed by atoms with Crippen molar-refractivity contribution in [2.75, 3.05) is 0 Å². The molecule has 0 saturated carbocycles. The third kappa shape index (κ3) is 23.2. The van der Waals surface area contributed by atoms with E-state index >= 15 is 0 Å². The fourth-order valence-electron chi connectivity index (χ4n) is 3.51. The summed E-state index contributed by atoms with van der Waals surface area (Å²) in [6, 6.07) is 2.22. The Labute approximate surface area is 165 Å². The first-order valence-corrected chi connectivity index (χ1v) is 11.9. The number of nitrogens with zero attached hydrogens (tertiary/aromatic N) is 1. The SMILES string of the molecule is CCCCCCCCCCCCCCCC/C=C/CCCCCCC#N.